The summed E-state index contributed by atoms with van der Waals surface area (Å²) < 4.78 is 0. The molecule has 64 valence electrons. The minimum Gasteiger partial charge on any atom is -0.506 e. The third kappa shape index (κ3) is 1.60. The Morgan fingerprint density at radius 1 is 1.58 bits per heavy atom. The molecule has 2 nitrogen and oxygen atoms in total. The van der Waals surface area contributed by atoms with Gasteiger partial charge in [0.25, 0.3) is 0 Å². The maximum atomic E-state index is 9.44. The second kappa shape index (κ2) is 3.61. The molecule has 0 heterocycles. The van der Waals surface area contributed by atoms with Gasteiger partial charge in [-0.05, 0) is 6.07 Å². The molecule has 0 aliphatic carbocycles. The van der Waals surface area contributed by atoms with Crippen molar-refractivity contribution in [3.8, 4) is 5.75 Å². The van der Waals surface area contributed by atoms with Crippen LogP contribution in [0.25, 0.3) is 0 Å². The van der Waals surface area contributed by atoms with E-state index in [1.54, 1.807) is 24.3 Å². The quantitative estimate of drug-likeness (QED) is 0.691. The van der Waals surface area contributed by atoms with Crippen LogP contribution in [0.15, 0.2) is 30.9 Å². The molecule has 0 saturated carbocycles. The standard InChI is InChI=1S/C9H10ClNO/c1-2-8(11)6-4-3-5-7(10)9(6)12/h2-5,8,12H,1,11H2/t8-/m0/s1. The van der Waals surface area contributed by atoms with E-state index < -0.39 is 0 Å². The average molecular weight is 184 g/mol. The molecule has 0 aliphatic heterocycles. The molecule has 0 fully saturated rings. The summed E-state index contributed by atoms with van der Waals surface area (Å²) in [6.07, 6.45) is 1.55. The van der Waals surface area contributed by atoms with Crippen LogP contribution in [0.3, 0.4) is 0 Å². The third-order valence-electron chi connectivity index (χ3n) is 1.63. The lowest BCUT2D eigenvalue weighted by Gasteiger charge is -2.09. The maximum absolute atomic E-state index is 9.44. The summed E-state index contributed by atoms with van der Waals surface area (Å²) in [6, 6.07) is 4.69. The second-order valence-electron chi connectivity index (χ2n) is 2.44. The van der Waals surface area contributed by atoms with Gasteiger partial charge in [-0.15, -0.1) is 6.58 Å². The third-order valence-corrected chi connectivity index (χ3v) is 1.94. The first kappa shape index (κ1) is 9.10. The van der Waals surface area contributed by atoms with E-state index in [4.69, 9.17) is 17.3 Å². The molecule has 3 N–H and O–H groups in total. The van der Waals surface area contributed by atoms with Crippen LogP contribution >= 0.6 is 11.6 Å². The molecule has 1 aromatic carbocycles. The molecule has 0 spiro atoms. The second-order valence-corrected chi connectivity index (χ2v) is 2.85. The summed E-state index contributed by atoms with van der Waals surface area (Å²) >= 11 is 5.68. The smallest absolute Gasteiger partial charge is 0.139 e. The normalized spacial score (nSPS) is 12.5. The lowest BCUT2D eigenvalue weighted by atomic mass is 10.1. The molecule has 1 rings (SSSR count). The molecule has 0 radical (unpaired) electrons. The fourth-order valence-corrected chi connectivity index (χ4v) is 1.11. The zero-order valence-corrected chi connectivity index (χ0v) is 7.25. The Kier molecular flexibility index (Phi) is 2.74. The summed E-state index contributed by atoms with van der Waals surface area (Å²) in [5.74, 6) is 0.0339. The number of halogens is 1. The molecule has 0 saturated heterocycles. The monoisotopic (exact) mass is 183 g/mol. The molecule has 0 aromatic heterocycles. The van der Waals surface area contributed by atoms with E-state index in [-0.39, 0.29) is 11.8 Å². The number of hydrogen-bond acceptors (Lipinski definition) is 2. The van der Waals surface area contributed by atoms with Crippen LogP contribution in [0, 0.1) is 0 Å². The topological polar surface area (TPSA) is 46.2 Å². The summed E-state index contributed by atoms with van der Waals surface area (Å²) in [6.45, 7) is 3.53. The van der Waals surface area contributed by atoms with Gasteiger partial charge in [-0.1, -0.05) is 29.8 Å². The Hall–Kier alpha value is -0.990. The lowest BCUT2D eigenvalue weighted by molar-refractivity contribution is 0.466. The number of phenols is 1. The predicted octanol–water partition coefficient (Wildman–Crippen LogP) is 2.23. The van der Waals surface area contributed by atoms with Gasteiger partial charge in [0, 0.05) is 5.56 Å². The van der Waals surface area contributed by atoms with Gasteiger partial charge in [0.2, 0.25) is 0 Å². The van der Waals surface area contributed by atoms with Gasteiger partial charge in [0.1, 0.15) is 5.75 Å². The minimum absolute atomic E-state index is 0.0339. The number of para-hydroxylation sites is 1. The Morgan fingerprint density at radius 2 is 2.25 bits per heavy atom. The van der Waals surface area contributed by atoms with Crippen LogP contribution in [-0.2, 0) is 0 Å². The van der Waals surface area contributed by atoms with Crippen molar-refractivity contribution in [2.24, 2.45) is 5.73 Å². The van der Waals surface area contributed by atoms with Crippen molar-refractivity contribution in [2.45, 2.75) is 6.04 Å². The minimum atomic E-state index is -0.372. The number of aromatic hydroxyl groups is 1. The van der Waals surface area contributed by atoms with Gasteiger partial charge in [-0.2, -0.15) is 0 Å². The van der Waals surface area contributed by atoms with Crippen molar-refractivity contribution in [2.75, 3.05) is 0 Å². The highest BCUT2D eigenvalue weighted by Crippen LogP contribution is 2.30. The van der Waals surface area contributed by atoms with E-state index in [0.717, 1.165) is 0 Å². The van der Waals surface area contributed by atoms with E-state index in [9.17, 15) is 5.11 Å². The number of rotatable bonds is 2. The van der Waals surface area contributed by atoms with Gasteiger partial charge in [0.15, 0.2) is 0 Å². The van der Waals surface area contributed by atoms with Gasteiger partial charge in [-0.3, -0.25) is 0 Å². The first-order valence-corrected chi connectivity index (χ1v) is 3.90. The average Bonchev–Trinajstić information content (AvgIpc) is 2.08. The Morgan fingerprint density at radius 3 is 2.83 bits per heavy atom. The summed E-state index contributed by atoms with van der Waals surface area (Å²) in [7, 11) is 0. The number of hydrogen-bond donors (Lipinski definition) is 2. The molecule has 1 atom stereocenters. The van der Waals surface area contributed by atoms with Crippen molar-refractivity contribution in [1.82, 2.24) is 0 Å². The largest absolute Gasteiger partial charge is 0.506 e. The van der Waals surface area contributed by atoms with Crippen LogP contribution in [-0.4, -0.2) is 5.11 Å². The van der Waals surface area contributed by atoms with E-state index >= 15 is 0 Å². The van der Waals surface area contributed by atoms with Gasteiger partial charge >= 0.3 is 0 Å². The highest BCUT2D eigenvalue weighted by molar-refractivity contribution is 6.32. The maximum Gasteiger partial charge on any atom is 0.139 e. The number of nitrogens with two attached hydrogens (primary N) is 1. The van der Waals surface area contributed by atoms with Crippen LogP contribution in [0.5, 0.6) is 5.75 Å². The lowest BCUT2D eigenvalue weighted by Crippen LogP contribution is -2.06. The fourth-order valence-electron chi connectivity index (χ4n) is 0.928. The molecule has 0 aliphatic rings. The Balaban J connectivity index is 3.15. The SMILES string of the molecule is C=C[C@H](N)c1cccc(Cl)c1O. The number of benzene rings is 1. The highest BCUT2D eigenvalue weighted by atomic mass is 35.5. The molecule has 3 heteroatoms. The molecule has 0 amide bonds. The van der Waals surface area contributed by atoms with E-state index in [1.807, 2.05) is 0 Å². The van der Waals surface area contributed by atoms with E-state index in [2.05, 4.69) is 6.58 Å². The van der Waals surface area contributed by atoms with Crippen molar-refractivity contribution in [3.05, 3.63) is 41.4 Å². The summed E-state index contributed by atoms with van der Waals surface area (Å²) in [4.78, 5) is 0. The van der Waals surface area contributed by atoms with Crippen LogP contribution < -0.4 is 5.73 Å². The van der Waals surface area contributed by atoms with E-state index in [0.29, 0.717) is 10.6 Å². The van der Waals surface area contributed by atoms with Gasteiger partial charge < -0.3 is 10.8 Å². The highest BCUT2D eigenvalue weighted by Gasteiger charge is 2.09. The molecular weight excluding hydrogens is 174 g/mol. The predicted molar refractivity (Wildman–Crippen MR) is 50.2 cm³/mol. The van der Waals surface area contributed by atoms with Crippen LogP contribution in [0.2, 0.25) is 5.02 Å². The Bertz CT molecular complexity index is 299. The van der Waals surface area contributed by atoms with Crippen molar-refractivity contribution in [1.29, 1.82) is 0 Å². The van der Waals surface area contributed by atoms with E-state index in [1.165, 1.54) is 0 Å². The Labute approximate surface area is 76.3 Å². The van der Waals surface area contributed by atoms with Gasteiger partial charge in [0.05, 0.1) is 11.1 Å². The zero-order chi connectivity index (χ0) is 9.14. The van der Waals surface area contributed by atoms with Crippen LogP contribution in [0.4, 0.5) is 0 Å². The molecule has 1 aromatic rings. The molecule has 12 heavy (non-hydrogen) atoms. The summed E-state index contributed by atoms with van der Waals surface area (Å²) in [5, 5.41) is 9.75. The zero-order valence-electron chi connectivity index (χ0n) is 6.50. The first-order valence-electron chi connectivity index (χ1n) is 3.52. The molecule has 0 unspecified atom stereocenters. The fraction of sp³-hybridized carbons (Fsp3) is 0.111. The van der Waals surface area contributed by atoms with Crippen molar-refractivity contribution >= 4 is 11.6 Å². The number of phenolic OH excluding ortho intramolecular Hbond substituents is 1. The van der Waals surface area contributed by atoms with Crippen LogP contribution in [0.1, 0.15) is 11.6 Å². The first-order chi connectivity index (χ1) is 5.66. The summed E-state index contributed by atoms with van der Waals surface area (Å²) in [5.41, 5.74) is 6.22. The van der Waals surface area contributed by atoms with Gasteiger partial charge in [-0.25, -0.2) is 0 Å². The van der Waals surface area contributed by atoms with Crippen molar-refractivity contribution < 1.29 is 5.11 Å². The molecule has 0 bridgehead atoms. The van der Waals surface area contributed by atoms with Crippen molar-refractivity contribution in [3.63, 3.8) is 0 Å². The molecular formula is C9H10ClNO.